The van der Waals surface area contributed by atoms with Gasteiger partial charge in [0.15, 0.2) is 0 Å². The van der Waals surface area contributed by atoms with Gasteiger partial charge in [-0.05, 0) is 67.8 Å². The fourth-order valence-electron chi connectivity index (χ4n) is 2.96. The standard InChI is InChI=1S/C22H21N3O2/c1-15-7-8-17(14-20(15)25-11-2-3-12-25)22(27)24-19-6-4-5-16(13-19)21(26)23-18-9-10-18/h2-8,11-14,18H,9-10H2,1H3,(H,23,26)(H,24,27). The molecule has 0 spiro atoms. The number of aromatic nitrogens is 1. The Hall–Kier alpha value is -3.34. The van der Waals surface area contributed by atoms with Crippen LogP contribution in [-0.2, 0) is 0 Å². The van der Waals surface area contributed by atoms with E-state index in [0.29, 0.717) is 22.9 Å². The lowest BCUT2D eigenvalue weighted by Crippen LogP contribution is -2.25. The molecule has 27 heavy (non-hydrogen) atoms. The first kappa shape index (κ1) is 17.1. The van der Waals surface area contributed by atoms with Crippen molar-refractivity contribution < 1.29 is 9.59 Å². The molecule has 0 saturated heterocycles. The molecule has 0 aliphatic heterocycles. The van der Waals surface area contributed by atoms with Crippen molar-refractivity contribution in [1.29, 1.82) is 0 Å². The van der Waals surface area contributed by atoms with Crippen LogP contribution >= 0.6 is 0 Å². The van der Waals surface area contributed by atoms with Gasteiger partial charge in [-0.3, -0.25) is 9.59 Å². The minimum atomic E-state index is -0.205. The van der Waals surface area contributed by atoms with Gasteiger partial charge < -0.3 is 15.2 Å². The second kappa shape index (κ2) is 7.11. The van der Waals surface area contributed by atoms with E-state index in [-0.39, 0.29) is 11.8 Å². The quantitative estimate of drug-likeness (QED) is 0.725. The monoisotopic (exact) mass is 359 g/mol. The average Bonchev–Trinajstić information content (AvgIpc) is 3.31. The normalized spacial score (nSPS) is 13.2. The van der Waals surface area contributed by atoms with Crippen molar-refractivity contribution in [2.45, 2.75) is 25.8 Å². The summed E-state index contributed by atoms with van der Waals surface area (Å²) in [5, 5.41) is 5.84. The summed E-state index contributed by atoms with van der Waals surface area (Å²) in [6.45, 7) is 2.01. The van der Waals surface area contributed by atoms with Crippen molar-refractivity contribution in [2.24, 2.45) is 0 Å². The van der Waals surface area contributed by atoms with E-state index in [4.69, 9.17) is 0 Å². The number of hydrogen-bond acceptors (Lipinski definition) is 2. The molecule has 3 aromatic rings. The van der Waals surface area contributed by atoms with Gasteiger partial charge in [0.1, 0.15) is 0 Å². The third-order valence-corrected chi connectivity index (χ3v) is 4.65. The molecule has 5 heteroatoms. The molecule has 1 aliphatic carbocycles. The summed E-state index contributed by atoms with van der Waals surface area (Å²) in [6, 6.07) is 16.8. The maximum Gasteiger partial charge on any atom is 0.255 e. The number of benzene rings is 2. The molecule has 4 rings (SSSR count). The van der Waals surface area contributed by atoms with Crippen LogP contribution in [0.5, 0.6) is 0 Å². The Balaban J connectivity index is 1.52. The van der Waals surface area contributed by atoms with Gasteiger partial charge in [0.05, 0.1) is 0 Å². The molecule has 2 N–H and O–H groups in total. The lowest BCUT2D eigenvalue weighted by atomic mass is 10.1. The van der Waals surface area contributed by atoms with Gasteiger partial charge in [0.2, 0.25) is 0 Å². The summed E-state index contributed by atoms with van der Waals surface area (Å²) in [5.74, 6) is -0.304. The van der Waals surface area contributed by atoms with Crippen LogP contribution in [0, 0.1) is 6.92 Å². The third kappa shape index (κ3) is 3.92. The number of nitrogens with one attached hydrogen (secondary N) is 2. The molecule has 136 valence electrons. The highest BCUT2D eigenvalue weighted by Gasteiger charge is 2.23. The van der Waals surface area contributed by atoms with Crippen LogP contribution in [0.3, 0.4) is 0 Å². The van der Waals surface area contributed by atoms with Crippen molar-refractivity contribution in [2.75, 3.05) is 5.32 Å². The Bertz CT molecular complexity index is 989. The van der Waals surface area contributed by atoms with E-state index in [1.807, 2.05) is 48.1 Å². The molecule has 0 atom stereocenters. The molecular formula is C22H21N3O2. The zero-order valence-corrected chi connectivity index (χ0v) is 15.1. The molecule has 1 fully saturated rings. The summed E-state index contributed by atoms with van der Waals surface area (Å²) in [4.78, 5) is 24.9. The van der Waals surface area contributed by atoms with Crippen molar-refractivity contribution >= 4 is 17.5 Å². The molecule has 1 aliphatic rings. The van der Waals surface area contributed by atoms with Crippen LogP contribution in [-0.4, -0.2) is 22.4 Å². The SMILES string of the molecule is Cc1ccc(C(=O)Nc2cccc(C(=O)NC3CC3)c2)cc1-n1cccc1. The second-order valence-corrected chi connectivity index (χ2v) is 6.87. The summed E-state index contributed by atoms with van der Waals surface area (Å²) in [6.07, 6.45) is 5.98. The third-order valence-electron chi connectivity index (χ3n) is 4.65. The van der Waals surface area contributed by atoms with E-state index in [1.54, 1.807) is 30.3 Å². The molecule has 2 aromatic carbocycles. The van der Waals surface area contributed by atoms with Gasteiger partial charge in [0, 0.05) is 40.9 Å². The zero-order valence-electron chi connectivity index (χ0n) is 15.1. The Labute approximate surface area is 158 Å². The number of hydrogen-bond donors (Lipinski definition) is 2. The molecule has 5 nitrogen and oxygen atoms in total. The second-order valence-electron chi connectivity index (χ2n) is 6.87. The van der Waals surface area contributed by atoms with E-state index in [1.165, 1.54) is 0 Å². The zero-order chi connectivity index (χ0) is 18.8. The summed E-state index contributed by atoms with van der Waals surface area (Å²) in [5.41, 5.74) is 3.77. The Morgan fingerprint density at radius 3 is 2.41 bits per heavy atom. The van der Waals surface area contributed by atoms with Gasteiger partial charge >= 0.3 is 0 Å². The largest absolute Gasteiger partial charge is 0.349 e. The first-order valence-electron chi connectivity index (χ1n) is 9.06. The van der Waals surface area contributed by atoms with Gasteiger partial charge in [-0.15, -0.1) is 0 Å². The van der Waals surface area contributed by atoms with Gasteiger partial charge in [-0.1, -0.05) is 12.1 Å². The van der Waals surface area contributed by atoms with Crippen molar-refractivity contribution in [3.63, 3.8) is 0 Å². The molecule has 0 unspecified atom stereocenters. The minimum Gasteiger partial charge on any atom is -0.349 e. The maximum absolute atomic E-state index is 12.7. The lowest BCUT2D eigenvalue weighted by Gasteiger charge is -2.11. The number of aryl methyl sites for hydroxylation is 1. The summed E-state index contributed by atoms with van der Waals surface area (Å²) >= 11 is 0. The van der Waals surface area contributed by atoms with E-state index in [2.05, 4.69) is 10.6 Å². The minimum absolute atomic E-state index is 0.0983. The van der Waals surface area contributed by atoms with Gasteiger partial charge in [-0.2, -0.15) is 0 Å². The van der Waals surface area contributed by atoms with E-state index in [0.717, 1.165) is 24.1 Å². The van der Waals surface area contributed by atoms with E-state index < -0.39 is 0 Å². The number of carbonyl (C=O) groups excluding carboxylic acids is 2. The van der Waals surface area contributed by atoms with Crippen LogP contribution in [0.1, 0.15) is 39.1 Å². The topological polar surface area (TPSA) is 63.1 Å². The number of nitrogens with zero attached hydrogens (tertiary/aromatic N) is 1. The summed E-state index contributed by atoms with van der Waals surface area (Å²) < 4.78 is 1.98. The number of rotatable bonds is 5. The van der Waals surface area contributed by atoms with Crippen LogP contribution < -0.4 is 10.6 Å². The van der Waals surface area contributed by atoms with E-state index >= 15 is 0 Å². The van der Waals surface area contributed by atoms with E-state index in [9.17, 15) is 9.59 Å². The smallest absolute Gasteiger partial charge is 0.255 e. The average molecular weight is 359 g/mol. The van der Waals surface area contributed by atoms with Gasteiger partial charge in [0.25, 0.3) is 11.8 Å². The Morgan fingerprint density at radius 2 is 1.67 bits per heavy atom. The molecule has 0 radical (unpaired) electrons. The van der Waals surface area contributed by atoms with Gasteiger partial charge in [-0.25, -0.2) is 0 Å². The fourth-order valence-corrected chi connectivity index (χ4v) is 2.96. The highest BCUT2D eigenvalue weighted by molar-refractivity contribution is 6.05. The lowest BCUT2D eigenvalue weighted by molar-refractivity contribution is 0.0949. The van der Waals surface area contributed by atoms with Crippen molar-refractivity contribution in [3.05, 3.63) is 83.7 Å². The van der Waals surface area contributed by atoms with Crippen LogP contribution in [0.25, 0.3) is 5.69 Å². The Morgan fingerprint density at radius 1 is 0.926 bits per heavy atom. The Kier molecular flexibility index (Phi) is 4.50. The maximum atomic E-state index is 12.7. The summed E-state index contributed by atoms with van der Waals surface area (Å²) in [7, 11) is 0. The predicted molar refractivity (Wildman–Crippen MR) is 105 cm³/mol. The van der Waals surface area contributed by atoms with Crippen LogP contribution in [0.2, 0.25) is 0 Å². The molecule has 1 heterocycles. The number of amides is 2. The molecular weight excluding hydrogens is 338 g/mol. The number of carbonyl (C=O) groups is 2. The molecule has 2 amide bonds. The molecule has 1 aromatic heterocycles. The first-order chi connectivity index (χ1) is 13.1. The number of anilines is 1. The van der Waals surface area contributed by atoms with Crippen LogP contribution in [0.4, 0.5) is 5.69 Å². The highest BCUT2D eigenvalue weighted by atomic mass is 16.2. The predicted octanol–water partition coefficient (Wildman–Crippen LogP) is 3.93. The molecule has 1 saturated carbocycles. The first-order valence-corrected chi connectivity index (χ1v) is 9.06. The van der Waals surface area contributed by atoms with Crippen molar-refractivity contribution in [3.8, 4) is 5.69 Å². The molecule has 0 bridgehead atoms. The highest BCUT2D eigenvalue weighted by Crippen LogP contribution is 2.21. The van der Waals surface area contributed by atoms with Crippen molar-refractivity contribution in [1.82, 2.24) is 9.88 Å². The fraction of sp³-hybridized carbons (Fsp3) is 0.182. The van der Waals surface area contributed by atoms with Crippen LogP contribution in [0.15, 0.2) is 67.0 Å².